The van der Waals surface area contributed by atoms with Crippen molar-refractivity contribution in [3.63, 3.8) is 0 Å². The minimum Gasteiger partial charge on any atom is -0.350 e. The molecule has 1 atom stereocenters. The van der Waals surface area contributed by atoms with Crippen LogP contribution in [0.15, 0.2) is 59.1 Å². The van der Waals surface area contributed by atoms with E-state index in [0.717, 1.165) is 4.90 Å². The monoisotopic (exact) mass is 579 g/mol. The number of carbonyl (C=O) groups is 2. The number of piperazine rings is 1. The third-order valence-electron chi connectivity index (χ3n) is 6.90. The molecular formula is C29H31ClFN7O3. The van der Waals surface area contributed by atoms with E-state index in [1.165, 1.54) is 24.5 Å². The number of H-pyrrole nitrogens is 1. The number of hydrogen-bond acceptors (Lipinski definition) is 6. The van der Waals surface area contributed by atoms with Gasteiger partial charge in [-0.3, -0.25) is 24.3 Å². The normalized spacial score (nSPS) is 15.7. The summed E-state index contributed by atoms with van der Waals surface area (Å²) in [6.07, 6.45) is 3.02. The minimum atomic E-state index is -0.554. The van der Waals surface area contributed by atoms with Gasteiger partial charge in [-0.05, 0) is 37.1 Å². The molecule has 2 aromatic heterocycles. The summed E-state index contributed by atoms with van der Waals surface area (Å²) in [6, 6.07) is 7.39. The van der Waals surface area contributed by atoms with Gasteiger partial charge in [0.1, 0.15) is 17.3 Å². The van der Waals surface area contributed by atoms with Crippen LogP contribution in [0, 0.1) is 5.82 Å². The van der Waals surface area contributed by atoms with Crippen LogP contribution in [0.2, 0.25) is 5.02 Å². The Hall–Kier alpha value is -4.38. The molecule has 1 aliphatic heterocycles. The zero-order chi connectivity index (χ0) is 29.8. The molecule has 2 amide bonds. The summed E-state index contributed by atoms with van der Waals surface area (Å²) in [4.78, 5) is 59.0. The van der Waals surface area contributed by atoms with E-state index >= 15 is 0 Å². The molecule has 4 rings (SSSR count). The Balaban J connectivity index is 1.96. The van der Waals surface area contributed by atoms with Gasteiger partial charge in [0.2, 0.25) is 12.3 Å². The van der Waals surface area contributed by atoms with E-state index < -0.39 is 11.4 Å². The molecule has 214 valence electrons. The number of halogens is 2. The summed E-state index contributed by atoms with van der Waals surface area (Å²) >= 11 is 6.72. The lowest BCUT2D eigenvalue weighted by molar-refractivity contribution is -0.128. The highest BCUT2D eigenvalue weighted by atomic mass is 35.5. The van der Waals surface area contributed by atoms with E-state index in [-0.39, 0.29) is 45.7 Å². The van der Waals surface area contributed by atoms with Gasteiger partial charge in [-0.2, -0.15) is 0 Å². The number of amides is 2. The summed E-state index contributed by atoms with van der Waals surface area (Å²) in [6.45, 7) is 10.4. The van der Waals surface area contributed by atoms with Gasteiger partial charge in [-0.25, -0.2) is 14.4 Å². The Kier molecular flexibility index (Phi) is 8.97. The van der Waals surface area contributed by atoms with Gasteiger partial charge >= 0.3 is 0 Å². The molecule has 1 aromatic carbocycles. The molecule has 1 unspecified atom stereocenters. The molecule has 10 nitrogen and oxygen atoms in total. The highest BCUT2D eigenvalue weighted by Crippen LogP contribution is 2.36. The summed E-state index contributed by atoms with van der Waals surface area (Å²) in [7, 11) is 1.59. The Morgan fingerprint density at radius 1 is 1.32 bits per heavy atom. The van der Waals surface area contributed by atoms with E-state index in [1.54, 1.807) is 30.1 Å². The SMILES string of the molecule is C=CC(=O)N1CCN(/C(=N/C)c2cc(Cl)c(-c3ccccc3F)nc2N(C=O)c2c(C(C)C)nc[nH]c2=O)C(C)C1. The Bertz CT molecular complexity index is 1570. The van der Waals surface area contributed by atoms with E-state index in [9.17, 15) is 18.8 Å². The fraction of sp³-hybridized carbons (Fsp3) is 0.310. The quantitative estimate of drug-likeness (QED) is 0.195. The van der Waals surface area contributed by atoms with Crippen molar-refractivity contribution in [3.8, 4) is 11.3 Å². The second-order valence-corrected chi connectivity index (χ2v) is 10.3. The highest BCUT2D eigenvalue weighted by Gasteiger charge is 2.33. The minimum absolute atomic E-state index is 0.0158. The zero-order valence-corrected chi connectivity index (χ0v) is 24.0. The molecule has 1 aliphatic rings. The molecule has 0 saturated carbocycles. The largest absolute Gasteiger partial charge is 0.350 e. The third kappa shape index (κ3) is 5.76. The molecule has 0 bridgehead atoms. The lowest BCUT2D eigenvalue weighted by Gasteiger charge is -2.41. The van der Waals surface area contributed by atoms with E-state index in [2.05, 4.69) is 21.5 Å². The van der Waals surface area contributed by atoms with Crippen LogP contribution < -0.4 is 10.5 Å². The van der Waals surface area contributed by atoms with Crippen LogP contribution in [-0.2, 0) is 9.59 Å². The van der Waals surface area contributed by atoms with Gasteiger partial charge in [-0.1, -0.05) is 44.2 Å². The molecule has 0 spiro atoms. The van der Waals surface area contributed by atoms with Crippen molar-refractivity contribution in [1.29, 1.82) is 0 Å². The molecule has 1 saturated heterocycles. The van der Waals surface area contributed by atoms with Crippen molar-refractivity contribution in [2.24, 2.45) is 4.99 Å². The number of amidine groups is 1. The number of carbonyl (C=O) groups excluding carboxylic acids is 2. The molecule has 1 N–H and O–H groups in total. The first-order valence-electron chi connectivity index (χ1n) is 13.1. The number of rotatable bonds is 7. The fourth-order valence-corrected chi connectivity index (χ4v) is 5.20. The van der Waals surface area contributed by atoms with Crippen molar-refractivity contribution < 1.29 is 14.0 Å². The third-order valence-corrected chi connectivity index (χ3v) is 7.19. The molecule has 0 radical (unpaired) electrons. The average molecular weight is 580 g/mol. The Labute approximate surface area is 242 Å². The fourth-order valence-electron chi connectivity index (χ4n) is 4.94. The van der Waals surface area contributed by atoms with Gasteiger partial charge in [-0.15, -0.1) is 0 Å². The molecule has 0 aliphatic carbocycles. The van der Waals surface area contributed by atoms with Crippen molar-refractivity contribution >= 4 is 41.3 Å². The van der Waals surface area contributed by atoms with Gasteiger partial charge in [0.15, 0.2) is 5.82 Å². The summed E-state index contributed by atoms with van der Waals surface area (Å²) in [5.74, 6) is -0.477. The van der Waals surface area contributed by atoms with Gasteiger partial charge in [0, 0.05) is 38.3 Å². The summed E-state index contributed by atoms with van der Waals surface area (Å²) < 4.78 is 14.9. The maximum absolute atomic E-state index is 14.9. The van der Waals surface area contributed by atoms with Crippen LogP contribution >= 0.6 is 11.6 Å². The number of hydrogen-bond donors (Lipinski definition) is 1. The van der Waals surface area contributed by atoms with Gasteiger partial charge < -0.3 is 14.8 Å². The molecule has 3 aromatic rings. The number of aromatic nitrogens is 3. The molecule has 41 heavy (non-hydrogen) atoms. The second-order valence-electron chi connectivity index (χ2n) is 9.84. The number of nitrogens with zero attached hydrogens (tertiary/aromatic N) is 6. The number of nitrogens with one attached hydrogen (secondary N) is 1. The summed E-state index contributed by atoms with van der Waals surface area (Å²) in [5.41, 5.74) is 0.365. The van der Waals surface area contributed by atoms with Crippen molar-refractivity contribution in [1.82, 2.24) is 24.8 Å². The number of benzene rings is 1. The summed E-state index contributed by atoms with van der Waals surface area (Å²) in [5, 5.41) is 0.123. The van der Waals surface area contributed by atoms with Crippen molar-refractivity contribution in [3.05, 3.63) is 81.8 Å². The first-order valence-corrected chi connectivity index (χ1v) is 13.4. The predicted molar refractivity (Wildman–Crippen MR) is 157 cm³/mol. The smallest absolute Gasteiger partial charge is 0.275 e. The van der Waals surface area contributed by atoms with E-state index in [1.807, 2.05) is 25.7 Å². The second kappa shape index (κ2) is 12.4. The van der Waals surface area contributed by atoms with Crippen molar-refractivity contribution in [2.75, 3.05) is 31.6 Å². The topological polar surface area (TPSA) is 115 Å². The van der Waals surface area contributed by atoms with Crippen LogP contribution in [-0.4, -0.2) is 75.6 Å². The lowest BCUT2D eigenvalue weighted by Crippen LogP contribution is -2.55. The van der Waals surface area contributed by atoms with Crippen LogP contribution in [0.25, 0.3) is 11.3 Å². The van der Waals surface area contributed by atoms with Crippen LogP contribution in [0.3, 0.4) is 0 Å². The Morgan fingerprint density at radius 2 is 2.05 bits per heavy atom. The van der Waals surface area contributed by atoms with Crippen LogP contribution in [0.5, 0.6) is 0 Å². The van der Waals surface area contributed by atoms with E-state index in [0.29, 0.717) is 43.1 Å². The maximum atomic E-state index is 14.9. The standard InChI is InChI=1S/C29H31ClFN7O3/c1-6-23(40)36-11-12-37(18(4)14-36)27(32-5)20-13-21(30)25(19-9-7-8-10-22(19)31)35-28(20)38(16-39)26-24(17(2)3)33-15-34-29(26)41/h6-10,13,15-18H,1,11-12,14H2,2-5H3,(H,33,34,41)/b32-27+. The molecule has 12 heteroatoms. The molecule has 3 heterocycles. The number of aliphatic imine (C=N–C) groups is 1. The Morgan fingerprint density at radius 3 is 2.66 bits per heavy atom. The van der Waals surface area contributed by atoms with Crippen LogP contribution in [0.1, 0.15) is 37.9 Å². The number of pyridine rings is 1. The average Bonchev–Trinajstić information content (AvgIpc) is 2.96. The van der Waals surface area contributed by atoms with Crippen LogP contribution in [0.4, 0.5) is 15.9 Å². The molecule has 1 fully saturated rings. The maximum Gasteiger partial charge on any atom is 0.275 e. The molecular weight excluding hydrogens is 549 g/mol. The first kappa shape index (κ1) is 29.6. The van der Waals surface area contributed by atoms with Gasteiger partial charge in [0.05, 0.1) is 28.3 Å². The van der Waals surface area contributed by atoms with Crippen molar-refractivity contribution in [2.45, 2.75) is 32.7 Å². The predicted octanol–water partition coefficient (Wildman–Crippen LogP) is 4.14. The zero-order valence-electron chi connectivity index (χ0n) is 23.3. The van der Waals surface area contributed by atoms with Gasteiger partial charge in [0.25, 0.3) is 5.56 Å². The number of anilines is 2. The van der Waals surface area contributed by atoms with E-state index in [4.69, 9.17) is 16.6 Å². The highest BCUT2D eigenvalue weighted by molar-refractivity contribution is 6.33. The number of aromatic amines is 1. The lowest BCUT2D eigenvalue weighted by atomic mass is 10.0. The first-order chi connectivity index (χ1) is 19.6.